The third kappa shape index (κ3) is 4.04. The van der Waals surface area contributed by atoms with Gasteiger partial charge in [0, 0.05) is 11.8 Å². The molecule has 0 aliphatic heterocycles. The van der Waals surface area contributed by atoms with E-state index in [1.165, 1.54) is 73.7 Å². The van der Waals surface area contributed by atoms with Gasteiger partial charge >= 0.3 is 0 Å². The van der Waals surface area contributed by atoms with Crippen LogP contribution in [0.25, 0.3) is 28.0 Å². The van der Waals surface area contributed by atoms with Crippen LogP contribution in [0.3, 0.4) is 0 Å². The Morgan fingerprint density at radius 1 is 0.821 bits per heavy atom. The average Bonchev–Trinajstić information content (AvgIpc) is 3.25. The summed E-state index contributed by atoms with van der Waals surface area (Å²) in [5.74, 6) is 1.35. The first kappa shape index (κ1) is 24.4. The monoisotopic (exact) mass is 506 g/mol. The van der Waals surface area contributed by atoms with E-state index in [1.807, 2.05) is 0 Å². The highest BCUT2D eigenvalue weighted by Crippen LogP contribution is 2.58. The minimum Gasteiger partial charge on any atom is -0.0760 e. The lowest BCUT2D eigenvalue weighted by molar-refractivity contribution is 0.461. The Kier molecular flexibility index (Phi) is 5.78. The van der Waals surface area contributed by atoms with Gasteiger partial charge in [0.1, 0.15) is 0 Å². The van der Waals surface area contributed by atoms with Crippen LogP contribution < -0.4 is 0 Å². The molecule has 39 heavy (non-hydrogen) atoms. The normalized spacial score (nSPS) is 19.0. The largest absolute Gasteiger partial charge is 0.0760 e. The predicted octanol–water partition coefficient (Wildman–Crippen LogP) is 10.5. The summed E-state index contributed by atoms with van der Waals surface area (Å²) in [7, 11) is 0. The summed E-state index contributed by atoms with van der Waals surface area (Å²) in [5.41, 5.74) is 13.3. The molecule has 0 radical (unpaired) electrons. The maximum atomic E-state index is 2.53. The van der Waals surface area contributed by atoms with Gasteiger partial charge in [-0.3, -0.25) is 0 Å². The molecule has 2 atom stereocenters. The smallest absolute Gasteiger partial charge is 0.0206 e. The zero-order valence-corrected chi connectivity index (χ0v) is 23.7. The van der Waals surface area contributed by atoms with Crippen LogP contribution >= 0.6 is 0 Å². The van der Waals surface area contributed by atoms with Crippen LogP contribution in [-0.2, 0) is 11.8 Å². The van der Waals surface area contributed by atoms with Gasteiger partial charge in [-0.05, 0) is 104 Å². The average molecular weight is 507 g/mol. The minimum atomic E-state index is 0.125. The van der Waals surface area contributed by atoms with Crippen LogP contribution in [0.1, 0.15) is 91.3 Å². The van der Waals surface area contributed by atoms with Crippen molar-refractivity contribution in [1.29, 1.82) is 0 Å². The third-order valence-electron chi connectivity index (χ3n) is 9.55. The Hall–Kier alpha value is -3.64. The standard InChI is InChI=1S/C39H38/c1-25(2)33-23-29(39(3,4)19-11-14-26-12-6-5-7-13-26)20-28-22-35-36(24-34(28)33)32-18-10-17-31-30-16-9-8-15-27(30)21-37(35)38(31)32/h5-10,12-13,15-18,20-25,31,38H,11,14,19H2,1-4H3. The molecule has 194 valence electrons. The number of benzene rings is 4. The molecule has 0 heterocycles. The van der Waals surface area contributed by atoms with Crippen molar-refractivity contribution in [3.63, 3.8) is 0 Å². The van der Waals surface area contributed by atoms with E-state index in [4.69, 9.17) is 0 Å². The molecule has 7 rings (SSSR count). The molecule has 0 nitrogen and oxygen atoms in total. The Balaban J connectivity index is 1.32. The molecule has 0 saturated carbocycles. The van der Waals surface area contributed by atoms with Crippen molar-refractivity contribution in [3.05, 3.63) is 136 Å². The number of fused-ring (bicyclic) bond motifs is 6. The first-order chi connectivity index (χ1) is 18.9. The van der Waals surface area contributed by atoms with Crippen LogP contribution in [0.4, 0.5) is 0 Å². The maximum Gasteiger partial charge on any atom is 0.0206 e. The van der Waals surface area contributed by atoms with Gasteiger partial charge < -0.3 is 0 Å². The molecule has 0 spiro atoms. The Bertz CT molecular complexity index is 1670. The minimum absolute atomic E-state index is 0.125. The van der Waals surface area contributed by atoms with Crippen molar-refractivity contribution in [1.82, 2.24) is 0 Å². The van der Waals surface area contributed by atoms with Gasteiger partial charge in [0.05, 0.1) is 0 Å². The quantitative estimate of drug-likeness (QED) is 0.244. The fourth-order valence-corrected chi connectivity index (χ4v) is 7.35. The van der Waals surface area contributed by atoms with Crippen LogP contribution in [0.2, 0.25) is 0 Å². The molecule has 3 aliphatic rings. The number of hydrogen-bond acceptors (Lipinski definition) is 0. The number of aryl methyl sites for hydroxylation is 1. The first-order valence-corrected chi connectivity index (χ1v) is 14.8. The van der Waals surface area contributed by atoms with Crippen molar-refractivity contribution < 1.29 is 0 Å². The van der Waals surface area contributed by atoms with Gasteiger partial charge in [0.2, 0.25) is 0 Å². The summed E-state index contributed by atoms with van der Waals surface area (Å²) < 4.78 is 0. The van der Waals surface area contributed by atoms with Crippen LogP contribution in [0, 0.1) is 5.92 Å². The lowest BCUT2D eigenvalue weighted by Crippen LogP contribution is -2.18. The second kappa shape index (κ2) is 9.23. The molecule has 4 aromatic rings. The zero-order chi connectivity index (χ0) is 26.7. The number of rotatable bonds is 6. The van der Waals surface area contributed by atoms with Gasteiger partial charge in [-0.1, -0.05) is 119 Å². The highest BCUT2D eigenvalue weighted by molar-refractivity contribution is 6.07. The molecule has 0 amide bonds. The topological polar surface area (TPSA) is 0 Å². The Morgan fingerprint density at radius 3 is 2.41 bits per heavy atom. The van der Waals surface area contributed by atoms with Gasteiger partial charge in [-0.25, -0.2) is 0 Å². The number of allylic oxidation sites excluding steroid dienone is 5. The maximum absolute atomic E-state index is 2.53. The number of hydrogen-bond donors (Lipinski definition) is 0. The highest BCUT2D eigenvalue weighted by Gasteiger charge is 2.41. The molecule has 4 aromatic carbocycles. The summed E-state index contributed by atoms with van der Waals surface area (Å²) in [6.07, 6.45) is 13.1. The van der Waals surface area contributed by atoms with Crippen molar-refractivity contribution in [2.45, 2.75) is 64.2 Å². The fraction of sp³-hybridized carbons (Fsp3) is 0.282. The van der Waals surface area contributed by atoms with E-state index >= 15 is 0 Å². The molecule has 0 saturated heterocycles. The fourth-order valence-electron chi connectivity index (χ4n) is 7.35. The van der Waals surface area contributed by atoms with Gasteiger partial charge in [0.25, 0.3) is 0 Å². The predicted molar refractivity (Wildman–Crippen MR) is 168 cm³/mol. The molecule has 0 heteroatoms. The lowest BCUT2D eigenvalue weighted by atomic mass is 9.72. The van der Waals surface area contributed by atoms with Gasteiger partial charge in [0.15, 0.2) is 0 Å². The molecular formula is C39H38. The lowest BCUT2D eigenvalue weighted by Gasteiger charge is -2.31. The first-order valence-electron chi connectivity index (χ1n) is 14.8. The van der Waals surface area contributed by atoms with Crippen LogP contribution in [0.5, 0.6) is 0 Å². The molecule has 0 aromatic heterocycles. The Morgan fingerprint density at radius 2 is 1.59 bits per heavy atom. The summed E-state index contributed by atoms with van der Waals surface area (Å²) >= 11 is 0. The van der Waals surface area contributed by atoms with E-state index in [9.17, 15) is 0 Å². The Labute approximate surface area is 233 Å². The molecule has 2 unspecified atom stereocenters. The summed E-state index contributed by atoms with van der Waals surface area (Å²) in [6, 6.07) is 30.0. The van der Waals surface area contributed by atoms with Gasteiger partial charge in [-0.15, -0.1) is 0 Å². The van der Waals surface area contributed by atoms with Crippen molar-refractivity contribution >= 4 is 28.0 Å². The van der Waals surface area contributed by atoms with Crippen molar-refractivity contribution in [3.8, 4) is 0 Å². The van der Waals surface area contributed by atoms with E-state index in [2.05, 4.69) is 131 Å². The van der Waals surface area contributed by atoms with E-state index in [-0.39, 0.29) is 5.41 Å². The molecular weight excluding hydrogens is 468 g/mol. The molecule has 3 aliphatic carbocycles. The summed E-state index contributed by atoms with van der Waals surface area (Å²) in [5, 5.41) is 2.82. The van der Waals surface area contributed by atoms with Crippen LogP contribution in [0.15, 0.2) is 97.1 Å². The highest BCUT2D eigenvalue weighted by atomic mass is 14.4. The second-order valence-corrected chi connectivity index (χ2v) is 12.8. The van der Waals surface area contributed by atoms with Crippen molar-refractivity contribution in [2.75, 3.05) is 0 Å². The molecule has 0 fully saturated rings. The summed E-state index contributed by atoms with van der Waals surface area (Å²) in [4.78, 5) is 0. The zero-order valence-electron chi connectivity index (χ0n) is 23.7. The molecule has 0 N–H and O–H groups in total. The van der Waals surface area contributed by atoms with Gasteiger partial charge in [-0.2, -0.15) is 0 Å². The van der Waals surface area contributed by atoms with E-state index in [0.29, 0.717) is 17.8 Å². The van der Waals surface area contributed by atoms with Crippen molar-refractivity contribution in [2.24, 2.45) is 5.92 Å². The van der Waals surface area contributed by atoms with Crippen LogP contribution in [-0.4, -0.2) is 0 Å². The van der Waals surface area contributed by atoms with E-state index in [1.54, 1.807) is 0 Å². The van der Waals surface area contributed by atoms with E-state index < -0.39 is 0 Å². The second-order valence-electron chi connectivity index (χ2n) is 12.8. The summed E-state index contributed by atoms with van der Waals surface area (Å²) in [6.45, 7) is 9.58. The van der Waals surface area contributed by atoms with E-state index in [0.717, 1.165) is 6.42 Å². The third-order valence-corrected chi connectivity index (χ3v) is 9.55. The SMILES string of the molecule is CC(C)c1cc(C(C)(C)CCCc2ccccc2)cc2cc3c(cc12)C1=CC=CC2c4ccccc4C=C3C12. The molecule has 0 bridgehead atoms.